The van der Waals surface area contributed by atoms with Crippen LogP contribution in [0.3, 0.4) is 0 Å². The van der Waals surface area contributed by atoms with Crippen LogP contribution in [0.4, 0.5) is 4.39 Å². The van der Waals surface area contributed by atoms with Crippen LogP contribution in [0.2, 0.25) is 10.0 Å². The quantitative estimate of drug-likeness (QED) is 0.882. The van der Waals surface area contributed by atoms with E-state index in [1.165, 1.54) is 30.3 Å². The van der Waals surface area contributed by atoms with E-state index >= 15 is 0 Å². The molecule has 0 aliphatic heterocycles. The topological polar surface area (TPSA) is 37.3 Å². The molecule has 0 aliphatic rings. The molecule has 92 valence electrons. The molecular weight excluding hydrogens is 278 g/mol. The summed E-state index contributed by atoms with van der Waals surface area (Å²) in [4.78, 5) is 10.8. The third kappa shape index (κ3) is 2.47. The van der Waals surface area contributed by atoms with Crippen molar-refractivity contribution in [2.45, 2.75) is 0 Å². The fourth-order valence-electron chi connectivity index (χ4n) is 1.57. The molecule has 1 N–H and O–H groups in total. The van der Waals surface area contributed by atoms with Crippen molar-refractivity contribution in [1.82, 2.24) is 0 Å². The summed E-state index contributed by atoms with van der Waals surface area (Å²) >= 11 is 11.9. The van der Waals surface area contributed by atoms with Crippen molar-refractivity contribution < 1.29 is 14.3 Å². The van der Waals surface area contributed by atoms with E-state index in [-0.39, 0.29) is 15.6 Å². The second-order valence-corrected chi connectivity index (χ2v) is 4.44. The molecule has 2 rings (SSSR count). The highest BCUT2D eigenvalue weighted by Crippen LogP contribution is 2.34. The number of aromatic carboxylic acids is 1. The largest absolute Gasteiger partial charge is 0.478 e. The van der Waals surface area contributed by atoms with Gasteiger partial charge in [0.2, 0.25) is 0 Å². The Bertz CT molecular complexity index is 626. The average Bonchev–Trinajstić information content (AvgIpc) is 2.30. The second-order valence-electron chi connectivity index (χ2n) is 3.62. The zero-order valence-corrected chi connectivity index (χ0v) is 10.5. The zero-order chi connectivity index (χ0) is 13.3. The molecule has 0 radical (unpaired) electrons. The highest BCUT2D eigenvalue weighted by atomic mass is 35.5. The molecule has 0 saturated heterocycles. The fraction of sp³-hybridized carbons (Fsp3) is 0. The van der Waals surface area contributed by atoms with Crippen LogP contribution in [0.25, 0.3) is 11.1 Å². The molecule has 0 atom stereocenters. The van der Waals surface area contributed by atoms with Gasteiger partial charge >= 0.3 is 5.97 Å². The number of halogens is 3. The summed E-state index contributed by atoms with van der Waals surface area (Å²) in [5.74, 6) is -1.50. The zero-order valence-electron chi connectivity index (χ0n) is 8.95. The van der Waals surface area contributed by atoms with Crippen LogP contribution in [0.15, 0.2) is 36.4 Å². The van der Waals surface area contributed by atoms with E-state index in [9.17, 15) is 9.18 Å². The van der Waals surface area contributed by atoms with Gasteiger partial charge in [0.15, 0.2) is 0 Å². The van der Waals surface area contributed by atoms with Gasteiger partial charge in [0.05, 0.1) is 10.6 Å². The van der Waals surface area contributed by atoms with Crippen LogP contribution in [0, 0.1) is 5.82 Å². The van der Waals surface area contributed by atoms with Crippen molar-refractivity contribution in [1.29, 1.82) is 0 Å². The van der Waals surface area contributed by atoms with Crippen LogP contribution in [0.1, 0.15) is 10.4 Å². The number of benzene rings is 2. The number of hydrogen-bond donors (Lipinski definition) is 1. The summed E-state index contributed by atoms with van der Waals surface area (Å²) in [6, 6.07) is 8.24. The number of carbonyl (C=O) groups is 1. The first-order valence-corrected chi connectivity index (χ1v) is 5.73. The molecule has 5 heteroatoms. The third-order valence-electron chi connectivity index (χ3n) is 2.44. The minimum Gasteiger partial charge on any atom is -0.478 e. The van der Waals surface area contributed by atoms with Gasteiger partial charge in [-0.2, -0.15) is 0 Å². The van der Waals surface area contributed by atoms with Crippen LogP contribution in [-0.4, -0.2) is 11.1 Å². The van der Waals surface area contributed by atoms with Crippen molar-refractivity contribution in [2.75, 3.05) is 0 Å². The number of carboxylic acids is 1. The lowest BCUT2D eigenvalue weighted by Crippen LogP contribution is -1.96. The summed E-state index contributed by atoms with van der Waals surface area (Å²) in [6.07, 6.45) is 0. The molecular formula is C13H7Cl2FO2. The SMILES string of the molecule is O=C(O)c1ccc(-c2ccc(F)cc2Cl)c(Cl)c1. The standard InChI is InChI=1S/C13H7Cl2FO2/c14-11-5-7(13(17)18)1-3-9(11)10-4-2-8(16)6-12(10)15/h1-6H,(H,17,18). The molecule has 0 bridgehead atoms. The van der Waals surface area contributed by atoms with Gasteiger partial charge in [0.25, 0.3) is 0 Å². The Morgan fingerprint density at radius 1 is 1.00 bits per heavy atom. The molecule has 0 amide bonds. The Balaban J connectivity index is 2.54. The third-order valence-corrected chi connectivity index (χ3v) is 3.06. The van der Waals surface area contributed by atoms with Crippen molar-refractivity contribution in [3.05, 3.63) is 57.8 Å². The molecule has 2 nitrogen and oxygen atoms in total. The molecule has 0 aliphatic carbocycles. The van der Waals surface area contributed by atoms with Crippen molar-refractivity contribution in [2.24, 2.45) is 0 Å². The molecule has 0 aromatic heterocycles. The number of rotatable bonds is 2. The summed E-state index contributed by atoms with van der Waals surface area (Å²) < 4.78 is 12.9. The number of carboxylic acid groups (broad SMARTS) is 1. The Morgan fingerprint density at radius 2 is 1.56 bits per heavy atom. The maximum Gasteiger partial charge on any atom is 0.335 e. The minimum atomic E-state index is -1.06. The van der Waals surface area contributed by atoms with Gasteiger partial charge in [-0.1, -0.05) is 29.3 Å². The fourth-order valence-corrected chi connectivity index (χ4v) is 2.13. The Morgan fingerprint density at radius 3 is 2.06 bits per heavy atom. The predicted octanol–water partition coefficient (Wildman–Crippen LogP) is 4.50. The van der Waals surface area contributed by atoms with E-state index in [0.717, 1.165) is 0 Å². The summed E-state index contributed by atoms with van der Waals surface area (Å²) in [5, 5.41) is 9.30. The van der Waals surface area contributed by atoms with Crippen LogP contribution < -0.4 is 0 Å². The lowest BCUT2D eigenvalue weighted by atomic mass is 10.0. The van der Waals surface area contributed by atoms with Crippen molar-refractivity contribution in [3.8, 4) is 11.1 Å². The van der Waals surface area contributed by atoms with E-state index in [1.54, 1.807) is 6.07 Å². The van der Waals surface area contributed by atoms with Gasteiger partial charge < -0.3 is 5.11 Å². The Kier molecular flexibility index (Phi) is 3.55. The Labute approximate surface area is 113 Å². The van der Waals surface area contributed by atoms with Gasteiger partial charge in [0, 0.05) is 16.1 Å². The smallest absolute Gasteiger partial charge is 0.335 e. The normalized spacial score (nSPS) is 10.4. The summed E-state index contributed by atoms with van der Waals surface area (Å²) in [6.45, 7) is 0. The summed E-state index contributed by atoms with van der Waals surface area (Å²) in [7, 11) is 0. The predicted molar refractivity (Wildman–Crippen MR) is 68.8 cm³/mol. The van der Waals surface area contributed by atoms with Crippen LogP contribution in [-0.2, 0) is 0 Å². The molecule has 18 heavy (non-hydrogen) atoms. The van der Waals surface area contributed by atoms with E-state index in [2.05, 4.69) is 0 Å². The van der Waals surface area contributed by atoms with Crippen molar-refractivity contribution >= 4 is 29.2 Å². The van der Waals surface area contributed by atoms with Crippen molar-refractivity contribution in [3.63, 3.8) is 0 Å². The van der Waals surface area contributed by atoms with Gasteiger partial charge in [-0.15, -0.1) is 0 Å². The molecule has 0 saturated carbocycles. The lowest BCUT2D eigenvalue weighted by Gasteiger charge is -2.07. The van der Waals surface area contributed by atoms with E-state index in [1.807, 2.05) is 0 Å². The molecule has 2 aromatic rings. The maximum atomic E-state index is 12.9. The molecule has 0 heterocycles. The molecule has 0 fully saturated rings. The second kappa shape index (κ2) is 4.96. The summed E-state index contributed by atoms with van der Waals surface area (Å²) in [5.41, 5.74) is 1.20. The first-order chi connectivity index (χ1) is 8.49. The minimum absolute atomic E-state index is 0.0852. The first kappa shape index (κ1) is 12.9. The van der Waals surface area contributed by atoms with Gasteiger partial charge in [-0.05, 0) is 30.3 Å². The maximum absolute atomic E-state index is 12.9. The molecule has 2 aromatic carbocycles. The van der Waals surface area contributed by atoms with E-state index in [4.69, 9.17) is 28.3 Å². The van der Waals surface area contributed by atoms with Crippen LogP contribution in [0.5, 0.6) is 0 Å². The molecule has 0 spiro atoms. The highest BCUT2D eigenvalue weighted by Gasteiger charge is 2.11. The first-order valence-electron chi connectivity index (χ1n) is 4.97. The van der Waals surface area contributed by atoms with Crippen LogP contribution >= 0.6 is 23.2 Å². The van der Waals surface area contributed by atoms with E-state index in [0.29, 0.717) is 11.1 Å². The Hall–Kier alpha value is -1.58. The average molecular weight is 285 g/mol. The van der Waals surface area contributed by atoms with E-state index < -0.39 is 11.8 Å². The van der Waals surface area contributed by atoms with Gasteiger partial charge in [0.1, 0.15) is 5.82 Å². The van der Waals surface area contributed by atoms with Gasteiger partial charge in [-0.25, -0.2) is 9.18 Å². The monoisotopic (exact) mass is 284 g/mol. The highest BCUT2D eigenvalue weighted by molar-refractivity contribution is 6.36. The lowest BCUT2D eigenvalue weighted by molar-refractivity contribution is 0.0697. The number of hydrogen-bond acceptors (Lipinski definition) is 1. The molecule has 0 unspecified atom stereocenters. The van der Waals surface area contributed by atoms with Gasteiger partial charge in [-0.3, -0.25) is 0 Å².